The highest BCUT2D eigenvalue weighted by Crippen LogP contribution is 2.22. The van der Waals surface area contributed by atoms with E-state index < -0.39 is 11.7 Å². The van der Waals surface area contributed by atoms with Crippen molar-refractivity contribution in [2.24, 2.45) is 9.98 Å². The third-order valence-electron chi connectivity index (χ3n) is 2.47. The molecule has 0 fully saturated rings. The summed E-state index contributed by atoms with van der Waals surface area (Å²) in [5.74, 6) is -0.508. The predicted octanol–water partition coefficient (Wildman–Crippen LogP) is 3.16. The molecular weight excluding hydrogens is 319 g/mol. The number of anilines is 1. The quantitative estimate of drug-likeness (QED) is 0.652. The third kappa shape index (κ3) is 4.82. The molecule has 0 saturated carbocycles. The number of rotatable bonds is 6. The Morgan fingerprint density at radius 2 is 2.30 bits per heavy atom. The van der Waals surface area contributed by atoms with Gasteiger partial charge in [0.05, 0.1) is 12.4 Å². The van der Waals surface area contributed by atoms with Crippen LogP contribution in [0.5, 0.6) is 5.75 Å². The van der Waals surface area contributed by atoms with E-state index >= 15 is 0 Å². The number of thiazole rings is 1. The molecule has 1 aromatic carbocycles. The second-order valence-corrected chi connectivity index (χ2v) is 5.06. The number of ether oxygens (including phenoxy) is 1. The number of carbonyl (C=O) groups is 1. The lowest BCUT2D eigenvalue weighted by molar-refractivity contribution is 0.102. The lowest BCUT2D eigenvalue weighted by Gasteiger charge is -2.09. The summed E-state index contributed by atoms with van der Waals surface area (Å²) < 4.78 is 19.2. The molecular formula is C15H13FN4O2S. The number of hydrogen-bond acceptors (Lipinski definition) is 6. The Balaban J connectivity index is 2.20. The van der Waals surface area contributed by atoms with Crippen molar-refractivity contribution >= 4 is 35.9 Å². The standard InChI is InChI=1S/C15H13FN4O2S/c1-17-8-13(9-18-2)22-12-6-10(16)5-11(7-12)20-14(21)15-19-3-4-23-15/h3-9H,1H2,2H3,(H,20,21). The summed E-state index contributed by atoms with van der Waals surface area (Å²) in [6.45, 7) is 3.32. The maximum Gasteiger partial charge on any atom is 0.284 e. The Morgan fingerprint density at radius 3 is 2.96 bits per heavy atom. The van der Waals surface area contributed by atoms with Gasteiger partial charge in [0, 0.05) is 36.4 Å². The van der Waals surface area contributed by atoms with E-state index in [1.54, 1.807) is 12.4 Å². The Morgan fingerprint density at radius 1 is 1.48 bits per heavy atom. The van der Waals surface area contributed by atoms with E-state index in [1.807, 2.05) is 0 Å². The maximum absolute atomic E-state index is 13.7. The molecule has 118 valence electrons. The number of allylic oxidation sites excluding steroid dienone is 1. The summed E-state index contributed by atoms with van der Waals surface area (Å²) >= 11 is 1.19. The number of aliphatic imine (C=N–C) groups is 2. The average Bonchev–Trinajstić information content (AvgIpc) is 3.01. The number of nitrogens with one attached hydrogen (secondary N) is 1. The number of benzene rings is 1. The van der Waals surface area contributed by atoms with Crippen LogP contribution in [-0.4, -0.2) is 30.9 Å². The lowest BCUT2D eigenvalue weighted by atomic mass is 10.3. The molecule has 6 nitrogen and oxygen atoms in total. The molecule has 2 rings (SSSR count). The minimum atomic E-state index is -0.559. The molecule has 1 N–H and O–H groups in total. The Bertz CT molecular complexity index is 757. The summed E-state index contributed by atoms with van der Waals surface area (Å²) in [7, 11) is 1.56. The zero-order valence-corrected chi connectivity index (χ0v) is 13.0. The fraction of sp³-hybridized carbons (Fsp3) is 0.0667. The lowest BCUT2D eigenvalue weighted by Crippen LogP contribution is -2.11. The molecule has 0 radical (unpaired) electrons. The first-order valence-corrected chi connectivity index (χ1v) is 7.28. The van der Waals surface area contributed by atoms with Crippen molar-refractivity contribution in [1.29, 1.82) is 0 Å². The number of nitrogens with zero attached hydrogens (tertiary/aromatic N) is 3. The van der Waals surface area contributed by atoms with Crippen LogP contribution in [-0.2, 0) is 0 Å². The van der Waals surface area contributed by atoms with Gasteiger partial charge >= 0.3 is 0 Å². The van der Waals surface area contributed by atoms with Gasteiger partial charge < -0.3 is 10.1 Å². The molecule has 0 aliphatic carbocycles. The first-order valence-electron chi connectivity index (χ1n) is 6.40. The highest BCUT2D eigenvalue weighted by atomic mass is 32.1. The van der Waals surface area contributed by atoms with E-state index in [2.05, 4.69) is 27.0 Å². The van der Waals surface area contributed by atoms with Crippen molar-refractivity contribution in [2.45, 2.75) is 0 Å². The molecule has 23 heavy (non-hydrogen) atoms. The van der Waals surface area contributed by atoms with Crippen LogP contribution in [0, 0.1) is 5.82 Å². The SMILES string of the molecule is C=NC=C(C=NC)Oc1cc(F)cc(NC(=O)c2nccs2)c1. The number of halogens is 1. The van der Waals surface area contributed by atoms with Crippen LogP contribution in [0.2, 0.25) is 0 Å². The van der Waals surface area contributed by atoms with Gasteiger partial charge in [-0.1, -0.05) is 0 Å². The predicted molar refractivity (Wildman–Crippen MR) is 89.1 cm³/mol. The molecule has 0 unspecified atom stereocenters. The van der Waals surface area contributed by atoms with Gasteiger partial charge in [-0.25, -0.2) is 9.37 Å². The molecule has 8 heteroatoms. The summed E-state index contributed by atoms with van der Waals surface area (Å²) in [6.07, 6.45) is 4.27. The molecule has 0 aliphatic rings. The molecule has 2 aromatic rings. The first kappa shape index (κ1) is 16.5. The largest absolute Gasteiger partial charge is 0.454 e. The molecule has 0 saturated heterocycles. The van der Waals surface area contributed by atoms with Crippen LogP contribution < -0.4 is 10.1 Å². The number of carbonyl (C=O) groups excluding carboxylic acids is 1. The Labute approximate surface area is 136 Å². The van der Waals surface area contributed by atoms with E-state index in [9.17, 15) is 9.18 Å². The van der Waals surface area contributed by atoms with Gasteiger partial charge in [0.2, 0.25) is 0 Å². The van der Waals surface area contributed by atoms with Gasteiger partial charge in [-0.05, 0) is 12.8 Å². The second kappa shape index (κ2) is 7.95. The highest BCUT2D eigenvalue weighted by Gasteiger charge is 2.11. The van der Waals surface area contributed by atoms with E-state index in [1.165, 1.54) is 48.1 Å². The van der Waals surface area contributed by atoms with Crippen LogP contribution in [0.25, 0.3) is 0 Å². The molecule has 0 bridgehead atoms. The van der Waals surface area contributed by atoms with E-state index in [-0.39, 0.29) is 22.2 Å². The number of aromatic nitrogens is 1. The summed E-state index contributed by atoms with van der Waals surface area (Å²) in [6, 6.07) is 3.84. The molecule has 1 aromatic heterocycles. The fourth-order valence-electron chi connectivity index (χ4n) is 1.65. The zero-order valence-electron chi connectivity index (χ0n) is 12.2. The number of amides is 1. The van der Waals surface area contributed by atoms with Crippen molar-refractivity contribution in [3.05, 3.63) is 52.6 Å². The van der Waals surface area contributed by atoms with Crippen molar-refractivity contribution in [3.8, 4) is 5.75 Å². The molecule has 1 heterocycles. The van der Waals surface area contributed by atoms with Crippen molar-refractivity contribution in [3.63, 3.8) is 0 Å². The highest BCUT2D eigenvalue weighted by molar-refractivity contribution is 7.11. The van der Waals surface area contributed by atoms with Crippen LogP contribution in [0.15, 0.2) is 51.7 Å². The van der Waals surface area contributed by atoms with Gasteiger partial charge in [0.1, 0.15) is 11.6 Å². The average molecular weight is 332 g/mol. The fourth-order valence-corrected chi connectivity index (χ4v) is 2.18. The first-order chi connectivity index (χ1) is 11.1. The Kier molecular flexibility index (Phi) is 5.70. The van der Waals surface area contributed by atoms with Gasteiger partial charge in [-0.2, -0.15) is 0 Å². The van der Waals surface area contributed by atoms with Crippen molar-refractivity contribution in [1.82, 2.24) is 4.98 Å². The van der Waals surface area contributed by atoms with Gasteiger partial charge in [0.25, 0.3) is 5.91 Å². The Hall–Kier alpha value is -2.87. The minimum absolute atomic E-state index is 0.189. The van der Waals surface area contributed by atoms with Crippen molar-refractivity contribution < 1.29 is 13.9 Å². The van der Waals surface area contributed by atoms with Crippen LogP contribution in [0.3, 0.4) is 0 Å². The van der Waals surface area contributed by atoms with E-state index in [0.29, 0.717) is 0 Å². The molecule has 0 spiro atoms. The second-order valence-electron chi connectivity index (χ2n) is 4.17. The zero-order chi connectivity index (χ0) is 16.7. The van der Waals surface area contributed by atoms with Crippen LogP contribution in [0.4, 0.5) is 10.1 Å². The topological polar surface area (TPSA) is 75.9 Å². The van der Waals surface area contributed by atoms with Crippen molar-refractivity contribution in [2.75, 3.05) is 12.4 Å². The minimum Gasteiger partial charge on any atom is -0.454 e. The number of hydrogen-bond donors (Lipinski definition) is 1. The smallest absolute Gasteiger partial charge is 0.284 e. The summed E-state index contributed by atoms with van der Waals surface area (Å²) in [5, 5.41) is 4.53. The molecule has 0 aliphatic heterocycles. The van der Waals surface area contributed by atoms with Gasteiger partial charge in [0.15, 0.2) is 10.8 Å². The summed E-state index contributed by atoms with van der Waals surface area (Å²) in [5.41, 5.74) is 0.250. The van der Waals surface area contributed by atoms with E-state index in [4.69, 9.17) is 4.74 Å². The summed E-state index contributed by atoms with van der Waals surface area (Å²) in [4.78, 5) is 23.2. The maximum atomic E-state index is 13.7. The molecule has 1 amide bonds. The van der Waals surface area contributed by atoms with Crippen LogP contribution in [0.1, 0.15) is 9.80 Å². The normalized spacial score (nSPS) is 11.5. The van der Waals surface area contributed by atoms with Gasteiger partial charge in [-0.3, -0.25) is 14.8 Å². The van der Waals surface area contributed by atoms with E-state index in [0.717, 1.165) is 0 Å². The monoisotopic (exact) mass is 332 g/mol. The third-order valence-corrected chi connectivity index (χ3v) is 3.24. The van der Waals surface area contributed by atoms with Crippen LogP contribution >= 0.6 is 11.3 Å². The molecule has 0 atom stereocenters. The van der Waals surface area contributed by atoms with Gasteiger partial charge in [-0.15, -0.1) is 11.3 Å².